The lowest BCUT2D eigenvalue weighted by molar-refractivity contribution is 0.0995. The minimum atomic E-state index is -0.303. The van der Waals surface area contributed by atoms with Gasteiger partial charge in [0.2, 0.25) is 0 Å². The average Bonchev–Trinajstić information content (AvgIpc) is 2.96. The van der Waals surface area contributed by atoms with Gasteiger partial charge in [-0.15, -0.1) is 0 Å². The van der Waals surface area contributed by atoms with E-state index in [-0.39, 0.29) is 11.7 Å². The third-order valence-corrected chi connectivity index (χ3v) is 3.44. The second-order valence-corrected chi connectivity index (χ2v) is 5.59. The van der Waals surface area contributed by atoms with E-state index in [1.54, 1.807) is 24.3 Å². The van der Waals surface area contributed by atoms with Crippen LogP contribution in [0.15, 0.2) is 57.9 Å². The minimum absolute atomic E-state index is 0.246. The highest BCUT2D eigenvalue weighted by Crippen LogP contribution is 2.19. The van der Waals surface area contributed by atoms with E-state index in [0.717, 1.165) is 17.2 Å². The number of furan rings is 1. The first-order valence-electron chi connectivity index (χ1n) is 6.82. The summed E-state index contributed by atoms with van der Waals surface area (Å²) in [6, 6.07) is 12.4. The van der Waals surface area contributed by atoms with E-state index >= 15 is 0 Å². The molecule has 0 unspecified atom stereocenters. The van der Waals surface area contributed by atoms with Crippen LogP contribution in [0.1, 0.15) is 16.2 Å². The molecule has 0 bridgehead atoms. The van der Waals surface area contributed by atoms with Crippen LogP contribution < -0.4 is 10.6 Å². The number of nitrogens with zero attached hydrogens (tertiary/aromatic N) is 2. The Morgan fingerprint density at radius 2 is 1.83 bits per heavy atom. The molecule has 0 saturated carbocycles. The van der Waals surface area contributed by atoms with Crippen molar-refractivity contribution in [2.24, 2.45) is 0 Å². The molecule has 1 amide bonds. The van der Waals surface area contributed by atoms with Crippen LogP contribution >= 0.6 is 15.9 Å². The number of halogens is 1. The summed E-state index contributed by atoms with van der Waals surface area (Å²) in [5.41, 5.74) is 2.42. The summed E-state index contributed by atoms with van der Waals surface area (Å²) < 4.78 is 5.73. The highest BCUT2D eigenvalue weighted by atomic mass is 79.9. The second kappa shape index (κ2) is 6.62. The Balaban J connectivity index is 1.66. The summed E-state index contributed by atoms with van der Waals surface area (Å²) in [5.74, 6) is 0.660. The van der Waals surface area contributed by atoms with E-state index < -0.39 is 0 Å². The van der Waals surface area contributed by atoms with Gasteiger partial charge in [-0.2, -0.15) is 0 Å². The SMILES string of the molecule is Cc1cc(Nc2ccc(NC(=O)c3ccc(Br)o3)cc2)ncn1. The van der Waals surface area contributed by atoms with Crippen LogP contribution in [-0.4, -0.2) is 15.9 Å². The van der Waals surface area contributed by atoms with Gasteiger partial charge in [0.1, 0.15) is 12.1 Å². The van der Waals surface area contributed by atoms with Gasteiger partial charge in [0.25, 0.3) is 5.91 Å². The molecule has 2 N–H and O–H groups in total. The number of carbonyl (C=O) groups is 1. The van der Waals surface area contributed by atoms with Crippen LogP contribution in [0.2, 0.25) is 0 Å². The number of benzene rings is 1. The molecule has 2 heterocycles. The molecule has 116 valence electrons. The molecule has 0 radical (unpaired) electrons. The highest BCUT2D eigenvalue weighted by molar-refractivity contribution is 9.10. The molecule has 7 heteroatoms. The zero-order valence-electron chi connectivity index (χ0n) is 12.2. The number of nitrogens with one attached hydrogen (secondary N) is 2. The smallest absolute Gasteiger partial charge is 0.291 e. The van der Waals surface area contributed by atoms with Crippen LogP contribution in [-0.2, 0) is 0 Å². The van der Waals surface area contributed by atoms with E-state index in [1.807, 2.05) is 25.1 Å². The lowest BCUT2D eigenvalue weighted by Gasteiger charge is -2.07. The number of hydrogen-bond donors (Lipinski definition) is 2. The van der Waals surface area contributed by atoms with Crippen LogP contribution in [0.5, 0.6) is 0 Å². The van der Waals surface area contributed by atoms with E-state index in [2.05, 4.69) is 36.5 Å². The number of rotatable bonds is 4. The molecule has 0 saturated heterocycles. The van der Waals surface area contributed by atoms with Gasteiger partial charge in [0.15, 0.2) is 10.4 Å². The second-order valence-electron chi connectivity index (χ2n) is 4.80. The van der Waals surface area contributed by atoms with Crippen molar-refractivity contribution in [2.45, 2.75) is 6.92 Å². The minimum Gasteiger partial charge on any atom is -0.444 e. The number of hydrogen-bond acceptors (Lipinski definition) is 5. The number of amides is 1. The Morgan fingerprint density at radius 3 is 2.48 bits per heavy atom. The normalized spacial score (nSPS) is 10.3. The molecule has 0 aliphatic carbocycles. The number of anilines is 3. The van der Waals surface area contributed by atoms with Crippen molar-refractivity contribution in [2.75, 3.05) is 10.6 Å². The number of aryl methyl sites for hydroxylation is 1. The van der Waals surface area contributed by atoms with Gasteiger partial charge in [-0.3, -0.25) is 4.79 Å². The fourth-order valence-corrected chi connectivity index (χ4v) is 2.24. The van der Waals surface area contributed by atoms with E-state index in [4.69, 9.17) is 4.42 Å². The van der Waals surface area contributed by atoms with Crippen molar-refractivity contribution in [3.63, 3.8) is 0 Å². The molecule has 2 aromatic heterocycles. The van der Waals surface area contributed by atoms with Crippen molar-refractivity contribution in [1.29, 1.82) is 0 Å². The Hall–Kier alpha value is -2.67. The summed E-state index contributed by atoms with van der Waals surface area (Å²) in [4.78, 5) is 20.2. The van der Waals surface area contributed by atoms with Crippen LogP contribution in [0.25, 0.3) is 0 Å². The maximum atomic E-state index is 12.0. The zero-order chi connectivity index (χ0) is 16.2. The predicted octanol–water partition coefficient (Wildman–Crippen LogP) is 4.14. The van der Waals surface area contributed by atoms with Gasteiger partial charge in [0.05, 0.1) is 0 Å². The molecular formula is C16H13BrN4O2. The van der Waals surface area contributed by atoms with E-state index in [0.29, 0.717) is 10.4 Å². The third kappa shape index (κ3) is 3.95. The Kier molecular flexibility index (Phi) is 4.38. The first-order valence-corrected chi connectivity index (χ1v) is 7.62. The molecular weight excluding hydrogens is 360 g/mol. The third-order valence-electron chi connectivity index (χ3n) is 3.02. The fraction of sp³-hybridized carbons (Fsp3) is 0.0625. The fourth-order valence-electron chi connectivity index (χ4n) is 1.94. The quantitative estimate of drug-likeness (QED) is 0.719. The Bertz CT molecular complexity index is 830. The maximum absolute atomic E-state index is 12.0. The molecule has 0 aliphatic heterocycles. The van der Waals surface area contributed by atoms with E-state index in [9.17, 15) is 4.79 Å². The molecule has 3 aromatic rings. The molecule has 23 heavy (non-hydrogen) atoms. The Morgan fingerprint density at radius 1 is 1.09 bits per heavy atom. The van der Waals surface area contributed by atoms with Gasteiger partial charge < -0.3 is 15.1 Å². The van der Waals surface area contributed by atoms with E-state index in [1.165, 1.54) is 6.33 Å². The van der Waals surface area contributed by atoms with Gasteiger partial charge in [-0.1, -0.05) is 0 Å². The molecule has 3 rings (SSSR count). The summed E-state index contributed by atoms with van der Waals surface area (Å²) in [6.45, 7) is 1.90. The molecule has 0 spiro atoms. The lowest BCUT2D eigenvalue weighted by Crippen LogP contribution is -2.10. The summed E-state index contributed by atoms with van der Waals surface area (Å²) >= 11 is 3.17. The van der Waals surface area contributed by atoms with Crippen LogP contribution in [0.3, 0.4) is 0 Å². The molecule has 6 nitrogen and oxygen atoms in total. The number of carbonyl (C=O) groups excluding carboxylic acids is 1. The van der Waals surface area contributed by atoms with Gasteiger partial charge in [-0.25, -0.2) is 9.97 Å². The highest BCUT2D eigenvalue weighted by Gasteiger charge is 2.10. The topological polar surface area (TPSA) is 80.0 Å². The summed E-state index contributed by atoms with van der Waals surface area (Å²) in [5, 5.41) is 5.94. The van der Waals surface area contributed by atoms with Gasteiger partial charge in [-0.05, 0) is 59.3 Å². The first-order chi connectivity index (χ1) is 11.1. The lowest BCUT2D eigenvalue weighted by atomic mass is 10.2. The van der Waals surface area contributed by atoms with Gasteiger partial charge >= 0.3 is 0 Å². The zero-order valence-corrected chi connectivity index (χ0v) is 13.8. The van der Waals surface area contributed by atoms with Crippen molar-refractivity contribution >= 4 is 39.0 Å². The maximum Gasteiger partial charge on any atom is 0.291 e. The van der Waals surface area contributed by atoms with Crippen LogP contribution in [0.4, 0.5) is 17.2 Å². The molecule has 0 atom stereocenters. The van der Waals surface area contributed by atoms with Crippen molar-refractivity contribution in [3.05, 3.63) is 64.9 Å². The predicted molar refractivity (Wildman–Crippen MR) is 90.9 cm³/mol. The van der Waals surface area contributed by atoms with Crippen LogP contribution in [0, 0.1) is 6.92 Å². The molecule has 0 fully saturated rings. The monoisotopic (exact) mass is 372 g/mol. The van der Waals surface area contributed by atoms with Crippen molar-refractivity contribution in [1.82, 2.24) is 9.97 Å². The molecule has 1 aromatic carbocycles. The van der Waals surface area contributed by atoms with Crippen molar-refractivity contribution in [3.8, 4) is 0 Å². The average molecular weight is 373 g/mol. The first kappa shape index (κ1) is 15.2. The number of aromatic nitrogens is 2. The van der Waals surface area contributed by atoms with Gasteiger partial charge in [0, 0.05) is 23.1 Å². The summed E-state index contributed by atoms with van der Waals surface area (Å²) in [6.07, 6.45) is 1.51. The summed E-state index contributed by atoms with van der Waals surface area (Å²) in [7, 11) is 0. The largest absolute Gasteiger partial charge is 0.444 e. The van der Waals surface area contributed by atoms with Crippen molar-refractivity contribution < 1.29 is 9.21 Å². The standard InChI is InChI=1S/C16H13BrN4O2/c1-10-8-15(19-9-18-10)20-11-2-4-12(5-3-11)21-16(22)13-6-7-14(17)23-13/h2-9H,1H3,(H,21,22)(H,18,19,20). The Labute approximate surface area is 141 Å². The molecule has 0 aliphatic rings.